The lowest BCUT2D eigenvalue weighted by Gasteiger charge is -2.15. The number of Topliss-reactive ketones (excluding diaryl/α,β-unsaturated/α-hetero) is 1. The standard InChI is InChI=1S/C17H24N2O5Si/c1-23-13-9-12(20)14-11(10-19-15(14)16(13)21)5-6-18-17(22)24-7-8-25(2,3)4/h9-10,19H,5-8H2,1-4H3,(H,18,22). The number of fused-ring (bicyclic) bond motifs is 1. The average molecular weight is 364 g/mol. The highest BCUT2D eigenvalue weighted by atomic mass is 28.3. The van der Waals surface area contributed by atoms with Gasteiger partial charge in [-0.15, -0.1) is 0 Å². The molecule has 1 aliphatic rings. The number of nitrogens with one attached hydrogen (secondary N) is 2. The van der Waals surface area contributed by atoms with Gasteiger partial charge in [0, 0.05) is 26.9 Å². The van der Waals surface area contributed by atoms with E-state index in [-0.39, 0.29) is 23.0 Å². The Kier molecular flexibility index (Phi) is 5.84. The minimum absolute atomic E-state index is 0.0231. The summed E-state index contributed by atoms with van der Waals surface area (Å²) in [6, 6.07) is 0.913. The Labute approximate surface area is 147 Å². The largest absolute Gasteiger partial charge is 0.492 e. The van der Waals surface area contributed by atoms with Crippen molar-refractivity contribution >= 4 is 25.7 Å². The van der Waals surface area contributed by atoms with Crippen molar-refractivity contribution in [3.63, 3.8) is 0 Å². The molecule has 7 nitrogen and oxygen atoms in total. The third kappa shape index (κ3) is 4.82. The van der Waals surface area contributed by atoms with Gasteiger partial charge in [-0.2, -0.15) is 0 Å². The van der Waals surface area contributed by atoms with Crippen molar-refractivity contribution in [1.82, 2.24) is 10.3 Å². The van der Waals surface area contributed by atoms with E-state index in [2.05, 4.69) is 29.9 Å². The normalized spacial score (nSPS) is 14.0. The van der Waals surface area contributed by atoms with Gasteiger partial charge in [0.1, 0.15) is 5.69 Å². The van der Waals surface area contributed by atoms with Crippen molar-refractivity contribution in [2.24, 2.45) is 0 Å². The number of ether oxygens (including phenoxy) is 2. The number of aromatic nitrogens is 1. The minimum atomic E-state index is -1.23. The Morgan fingerprint density at radius 1 is 1.28 bits per heavy atom. The summed E-state index contributed by atoms with van der Waals surface area (Å²) in [7, 11) is 0.118. The highest BCUT2D eigenvalue weighted by Crippen LogP contribution is 2.24. The lowest BCUT2D eigenvalue weighted by Crippen LogP contribution is -2.29. The van der Waals surface area contributed by atoms with Crippen LogP contribution in [0.2, 0.25) is 25.7 Å². The molecule has 136 valence electrons. The first-order valence-corrected chi connectivity index (χ1v) is 11.9. The number of H-pyrrole nitrogens is 1. The molecule has 0 atom stereocenters. The number of amides is 1. The zero-order valence-electron chi connectivity index (χ0n) is 15.0. The van der Waals surface area contributed by atoms with Gasteiger partial charge in [-0.1, -0.05) is 19.6 Å². The maximum absolute atomic E-state index is 12.2. The predicted octanol–water partition coefficient (Wildman–Crippen LogP) is 2.53. The van der Waals surface area contributed by atoms with Crippen molar-refractivity contribution in [2.75, 3.05) is 20.3 Å². The first-order chi connectivity index (χ1) is 11.7. The highest BCUT2D eigenvalue weighted by molar-refractivity contribution is 6.76. The molecule has 0 radical (unpaired) electrons. The molecule has 8 heteroatoms. The molecule has 25 heavy (non-hydrogen) atoms. The van der Waals surface area contributed by atoms with E-state index in [0.717, 1.165) is 6.04 Å². The summed E-state index contributed by atoms with van der Waals surface area (Å²) >= 11 is 0. The average Bonchev–Trinajstić information content (AvgIpc) is 2.94. The van der Waals surface area contributed by atoms with E-state index in [0.29, 0.717) is 30.7 Å². The van der Waals surface area contributed by atoms with Gasteiger partial charge in [0.05, 0.1) is 19.3 Å². The fourth-order valence-corrected chi connectivity index (χ4v) is 3.17. The van der Waals surface area contributed by atoms with E-state index in [1.807, 2.05) is 0 Å². The fourth-order valence-electron chi connectivity index (χ4n) is 2.45. The number of hydrogen-bond donors (Lipinski definition) is 2. The number of ketones is 2. The zero-order valence-corrected chi connectivity index (χ0v) is 16.0. The summed E-state index contributed by atoms with van der Waals surface area (Å²) in [4.78, 5) is 38.8. The smallest absolute Gasteiger partial charge is 0.407 e. The van der Waals surface area contributed by atoms with Gasteiger partial charge in [0.15, 0.2) is 11.5 Å². The van der Waals surface area contributed by atoms with E-state index >= 15 is 0 Å². The molecule has 2 N–H and O–H groups in total. The zero-order chi connectivity index (χ0) is 18.6. The van der Waals surface area contributed by atoms with Crippen LogP contribution < -0.4 is 5.32 Å². The van der Waals surface area contributed by atoms with Gasteiger partial charge in [-0.25, -0.2) is 4.79 Å². The molecule has 1 heterocycles. The number of carbonyl (C=O) groups is 3. The SMILES string of the molecule is COC1=CC(=O)c2c(CCNC(=O)OCC[Si](C)(C)C)c[nH]c2C1=O. The van der Waals surface area contributed by atoms with Crippen LogP contribution in [0.1, 0.15) is 26.4 Å². The van der Waals surface area contributed by atoms with E-state index in [9.17, 15) is 14.4 Å². The van der Waals surface area contributed by atoms with Crippen molar-refractivity contribution in [3.05, 3.63) is 34.9 Å². The molecule has 0 aliphatic heterocycles. The van der Waals surface area contributed by atoms with E-state index in [1.165, 1.54) is 13.2 Å². The van der Waals surface area contributed by atoms with Crippen LogP contribution in [0.4, 0.5) is 4.79 Å². The number of rotatable bonds is 7. The van der Waals surface area contributed by atoms with Crippen LogP contribution in [0.15, 0.2) is 18.0 Å². The monoisotopic (exact) mass is 364 g/mol. The summed E-state index contributed by atoms with van der Waals surface area (Å²) in [6.07, 6.45) is 2.77. The predicted molar refractivity (Wildman–Crippen MR) is 95.8 cm³/mol. The third-order valence-corrected chi connectivity index (χ3v) is 5.59. The Morgan fingerprint density at radius 3 is 2.64 bits per heavy atom. The molecule has 0 aromatic carbocycles. The van der Waals surface area contributed by atoms with Crippen LogP contribution in [0.3, 0.4) is 0 Å². The minimum Gasteiger partial charge on any atom is -0.492 e. The first-order valence-electron chi connectivity index (χ1n) is 8.18. The van der Waals surface area contributed by atoms with Gasteiger partial charge in [0.2, 0.25) is 5.78 Å². The number of methoxy groups -OCH3 is 1. The molecule has 1 amide bonds. The van der Waals surface area contributed by atoms with E-state index in [1.54, 1.807) is 6.20 Å². The molecule has 0 spiro atoms. The summed E-state index contributed by atoms with van der Waals surface area (Å²) in [6.45, 7) is 7.37. The number of alkyl carbamates (subject to hydrolysis) is 1. The molecule has 0 bridgehead atoms. The van der Waals surface area contributed by atoms with Crippen LogP contribution in [0, 0.1) is 0 Å². The summed E-state index contributed by atoms with van der Waals surface area (Å²) in [5, 5.41) is 2.66. The molecule has 1 aromatic rings. The Morgan fingerprint density at radius 2 is 2.00 bits per heavy atom. The summed E-state index contributed by atoms with van der Waals surface area (Å²) in [5.74, 6) is -0.600. The van der Waals surface area contributed by atoms with Gasteiger partial charge in [-0.3, -0.25) is 9.59 Å². The molecular weight excluding hydrogens is 340 g/mol. The first kappa shape index (κ1) is 19.0. The lowest BCUT2D eigenvalue weighted by molar-refractivity contribution is 0.0913. The van der Waals surface area contributed by atoms with Gasteiger partial charge in [0.25, 0.3) is 0 Å². The fraction of sp³-hybridized carbons (Fsp3) is 0.471. The van der Waals surface area contributed by atoms with E-state index in [4.69, 9.17) is 9.47 Å². The second kappa shape index (κ2) is 7.69. The Balaban J connectivity index is 1.87. The maximum Gasteiger partial charge on any atom is 0.407 e. The lowest BCUT2D eigenvalue weighted by atomic mass is 9.96. The van der Waals surface area contributed by atoms with Crippen molar-refractivity contribution in [2.45, 2.75) is 32.1 Å². The highest BCUT2D eigenvalue weighted by Gasteiger charge is 2.30. The molecule has 0 unspecified atom stereocenters. The van der Waals surface area contributed by atoms with E-state index < -0.39 is 14.2 Å². The van der Waals surface area contributed by atoms with Crippen LogP contribution in [0.5, 0.6) is 0 Å². The summed E-state index contributed by atoms with van der Waals surface area (Å²) in [5.41, 5.74) is 1.26. The molecular formula is C17H24N2O5Si. The number of allylic oxidation sites excluding steroid dienone is 2. The molecule has 0 fully saturated rings. The number of carbonyl (C=O) groups excluding carboxylic acids is 3. The third-order valence-electron chi connectivity index (χ3n) is 3.89. The quantitative estimate of drug-likeness (QED) is 0.725. The Hall–Kier alpha value is -2.35. The van der Waals surface area contributed by atoms with Crippen LogP contribution in [-0.2, 0) is 15.9 Å². The van der Waals surface area contributed by atoms with Gasteiger partial charge >= 0.3 is 6.09 Å². The van der Waals surface area contributed by atoms with Crippen molar-refractivity contribution in [1.29, 1.82) is 0 Å². The van der Waals surface area contributed by atoms with Gasteiger partial charge < -0.3 is 19.8 Å². The maximum atomic E-state index is 12.2. The topological polar surface area (TPSA) is 97.5 Å². The van der Waals surface area contributed by atoms with Crippen molar-refractivity contribution in [3.8, 4) is 0 Å². The molecule has 2 rings (SSSR count). The second-order valence-corrected chi connectivity index (χ2v) is 12.7. The second-order valence-electron chi connectivity index (χ2n) is 7.09. The van der Waals surface area contributed by atoms with Crippen LogP contribution in [0.25, 0.3) is 0 Å². The Bertz CT molecular complexity index is 715. The van der Waals surface area contributed by atoms with Gasteiger partial charge in [-0.05, 0) is 18.0 Å². The number of hydrogen-bond acceptors (Lipinski definition) is 5. The number of aromatic amines is 1. The molecule has 0 saturated carbocycles. The summed E-state index contributed by atoms with van der Waals surface area (Å²) < 4.78 is 10.1. The molecule has 1 aliphatic carbocycles. The van der Waals surface area contributed by atoms with Crippen LogP contribution in [-0.4, -0.2) is 51.0 Å². The van der Waals surface area contributed by atoms with Crippen molar-refractivity contribution < 1.29 is 23.9 Å². The molecule has 1 aromatic heterocycles. The van der Waals surface area contributed by atoms with Crippen LogP contribution >= 0.6 is 0 Å². The molecule has 0 saturated heterocycles.